The topological polar surface area (TPSA) is 25.8 Å². The summed E-state index contributed by atoms with van der Waals surface area (Å²) in [5, 5.41) is 0. The van der Waals surface area contributed by atoms with Crippen molar-refractivity contribution >= 4 is 0 Å². The maximum Gasteiger partial charge on any atom is 0.0453 e. The van der Waals surface area contributed by atoms with E-state index in [1.54, 1.807) is 12.4 Å². The lowest BCUT2D eigenvalue weighted by Gasteiger charge is -2.07. The van der Waals surface area contributed by atoms with Crippen molar-refractivity contribution in [2.75, 3.05) is 0 Å². The number of aromatic nitrogens is 2. The van der Waals surface area contributed by atoms with Gasteiger partial charge in [-0.15, -0.1) is 0 Å². The molecule has 70 valence electrons. The van der Waals surface area contributed by atoms with Gasteiger partial charge in [-0.1, -0.05) is 0 Å². The van der Waals surface area contributed by atoms with E-state index in [0.717, 1.165) is 5.69 Å². The Morgan fingerprint density at radius 1 is 0.929 bits per heavy atom. The van der Waals surface area contributed by atoms with Gasteiger partial charge in [0.2, 0.25) is 0 Å². The lowest BCUT2D eigenvalue weighted by Crippen LogP contribution is -1.90. The third kappa shape index (κ3) is 1.51. The van der Waals surface area contributed by atoms with Crippen LogP contribution < -0.4 is 0 Å². The molecule has 0 amide bonds. The molecular formula is C12H12N2. The van der Waals surface area contributed by atoms with Crippen LogP contribution in [0.15, 0.2) is 36.8 Å². The molecule has 2 rings (SSSR count). The molecule has 0 unspecified atom stereocenters. The predicted molar refractivity (Wildman–Crippen MR) is 56.9 cm³/mol. The summed E-state index contributed by atoms with van der Waals surface area (Å²) in [6.45, 7) is 4.13. The van der Waals surface area contributed by atoms with Crippen molar-refractivity contribution in [3.8, 4) is 11.1 Å². The van der Waals surface area contributed by atoms with Crippen LogP contribution in [0.5, 0.6) is 0 Å². The fourth-order valence-corrected chi connectivity index (χ4v) is 1.65. The number of nitrogens with zero attached hydrogens (tertiary/aromatic N) is 2. The van der Waals surface area contributed by atoms with E-state index < -0.39 is 0 Å². The highest BCUT2D eigenvalue weighted by Gasteiger charge is 2.04. The first-order chi connectivity index (χ1) is 6.79. The minimum absolute atomic E-state index is 1.07. The van der Waals surface area contributed by atoms with Gasteiger partial charge in [-0.3, -0.25) is 9.97 Å². The standard InChI is InChI=1S/C12H12N2/c1-9-3-8-14-10(2)12(9)11-4-6-13-7-5-11/h3-8H,1-2H3. The van der Waals surface area contributed by atoms with Crippen LogP contribution in [-0.4, -0.2) is 9.97 Å². The van der Waals surface area contributed by atoms with Crippen LogP contribution >= 0.6 is 0 Å². The molecule has 14 heavy (non-hydrogen) atoms. The molecule has 0 N–H and O–H groups in total. The van der Waals surface area contributed by atoms with Crippen molar-refractivity contribution in [1.29, 1.82) is 0 Å². The summed E-state index contributed by atoms with van der Waals surface area (Å²) in [7, 11) is 0. The Bertz CT molecular complexity index is 415. The second-order valence-electron chi connectivity index (χ2n) is 3.32. The highest BCUT2D eigenvalue weighted by atomic mass is 14.7. The van der Waals surface area contributed by atoms with Crippen LogP contribution in [0.2, 0.25) is 0 Å². The first kappa shape index (κ1) is 8.88. The zero-order valence-corrected chi connectivity index (χ0v) is 8.36. The molecule has 0 aromatic carbocycles. The summed E-state index contributed by atoms with van der Waals surface area (Å²) in [6.07, 6.45) is 5.46. The third-order valence-electron chi connectivity index (χ3n) is 2.32. The molecule has 2 heteroatoms. The fourth-order valence-electron chi connectivity index (χ4n) is 1.65. The minimum Gasteiger partial charge on any atom is -0.265 e. The SMILES string of the molecule is Cc1ccnc(C)c1-c1ccncc1. The van der Waals surface area contributed by atoms with Crippen molar-refractivity contribution in [1.82, 2.24) is 9.97 Å². The van der Waals surface area contributed by atoms with Gasteiger partial charge >= 0.3 is 0 Å². The van der Waals surface area contributed by atoms with Crippen LogP contribution in [-0.2, 0) is 0 Å². The Balaban J connectivity index is 2.63. The lowest BCUT2D eigenvalue weighted by atomic mass is 10.0. The van der Waals surface area contributed by atoms with E-state index in [1.807, 2.05) is 31.3 Å². The van der Waals surface area contributed by atoms with E-state index in [0.29, 0.717) is 0 Å². The first-order valence-corrected chi connectivity index (χ1v) is 4.61. The molecule has 2 aromatic heterocycles. The van der Waals surface area contributed by atoms with Crippen LogP contribution in [0.4, 0.5) is 0 Å². The van der Waals surface area contributed by atoms with Gasteiger partial charge in [0.05, 0.1) is 0 Å². The third-order valence-corrected chi connectivity index (χ3v) is 2.32. The van der Waals surface area contributed by atoms with Crippen molar-refractivity contribution in [3.05, 3.63) is 48.0 Å². The molecule has 0 saturated heterocycles. The maximum absolute atomic E-state index is 4.30. The summed E-state index contributed by atoms with van der Waals surface area (Å²) in [4.78, 5) is 8.31. The highest BCUT2D eigenvalue weighted by Crippen LogP contribution is 2.24. The molecule has 0 bridgehead atoms. The van der Waals surface area contributed by atoms with Crippen molar-refractivity contribution in [2.24, 2.45) is 0 Å². The number of hydrogen-bond acceptors (Lipinski definition) is 2. The number of hydrogen-bond donors (Lipinski definition) is 0. The average Bonchev–Trinajstić information content (AvgIpc) is 2.19. The predicted octanol–water partition coefficient (Wildman–Crippen LogP) is 2.76. The Kier molecular flexibility index (Phi) is 2.27. The second-order valence-corrected chi connectivity index (χ2v) is 3.32. The summed E-state index contributed by atoms with van der Waals surface area (Å²) < 4.78 is 0. The van der Waals surface area contributed by atoms with Gasteiger partial charge in [0.1, 0.15) is 0 Å². The molecule has 2 aromatic rings. The van der Waals surface area contributed by atoms with Gasteiger partial charge in [-0.2, -0.15) is 0 Å². The summed E-state index contributed by atoms with van der Waals surface area (Å²) >= 11 is 0. The van der Waals surface area contributed by atoms with Gasteiger partial charge in [0, 0.05) is 29.8 Å². The molecule has 0 atom stereocenters. The Morgan fingerprint density at radius 3 is 2.29 bits per heavy atom. The molecule has 0 fully saturated rings. The molecule has 2 heterocycles. The highest BCUT2D eigenvalue weighted by molar-refractivity contribution is 5.68. The Morgan fingerprint density at radius 2 is 1.64 bits per heavy atom. The molecule has 0 aliphatic rings. The molecule has 0 aliphatic carbocycles. The smallest absolute Gasteiger partial charge is 0.0453 e. The van der Waals surface area contributed by atoms with Crippen LogP contribution in [0, 0.1) is 13.8 Å². The monoisotopic (exact) mass is 184 g/mol. The lowest BCUT2D eigenvalue weighted by molar-refractivity contribution is 1.18. The molecule has 0 radical (unpaired) electrons. The Labute approximate surface area is 83.7 Å². The van der Waals surface area contributed by atoms with Gasteiger partial charge in [0.15, 0.2) is 0 Å². The fraction of sp³-hybridized carbons (Fsp3) is 0.167. The molecule has 0 spiro atoms. The molecule has 0 saturated carbocycles. The van der Waals surface area contributed by atoms with E-state index in [-0.39, 0.29) is 0 Å². The summed E-state index contributed by atoms with van der Waals surface area (Å²) in [5.74, 6) is 0. The Hall–Kier alpha value is -1.70. The van der Waals surface area contributed by atoms with Crippen molar-refractivity contribution in [2.45, 2.75) is 13.8 Å². The van der Waals surface area contributed by atoms with Crippen molar-refractivity contribution < 1.29 is 0 Å². The van der Waals surface area contributed by atoms with E-state index in [1.165, 1.54) is 16.7 Å². The number of rotatable bonds is 1. The largest absolute Gasteiger partial charge is 0.265 e. The van der Waals surface area contributed by atoms with E-state index in [4.69, 9.17) is 0 Å². The average molecular weight is 184 g/mol. The van der Waals surface area contributed by atoms with Gasteiger partial charge in [0.25, 0.3) is 0 Å². The normalized spacial score (nSPS) is 10.1. The van der Waals surface area contributed by atoms with Gasteiger partial charge in [-0.05, 0) is 43.2 Å². The van der Waals surface area contributed by atoms with Gasteiger partial charge < -0.3 is 0 Å². The number of aryl methyl sites for hydroxylation is 2. The van der Waals surface area contributed by atoms with E-state index in [2.05, 4.69) is 16.9 Å². The van der Waals surface area contributed by atoms with Crippen molar-refractivity contribution in [3.63, 3.8) is 0 Å². The minimum atomic E-state index is 1.07. The summed E-state index contributed by atoms with van der Waals surface area (Å²) in [6, 6.07) is 6.05. The molecule has 2 nitrogen and oxygen atoms in total. The quantitative estimate of drug-likeness (QED) is 0.681. The summed E-state index contributed by atoms with van der Waals surface area (Å²) in [5.41, 5.74) is 4.72. The van der Waals surface area contributed by atoms with Crippen LogP contribution in [0.3, 0.4) is 0 Å². The molecular weight excluding hydrogens is 172 g/mol. The zero-order chi connectivity index (χ0) is 9.97. The van der Waals surface area contributed by atoms with Crippen LogP contribution in [0.1, 0.15) is 11.3 Å². The van der Waals surface area contributed by atoms with Crippen LogP contribution in [0.25, 0.3) is 11.1 Å². The second kappa shape index (κ2) is 3.58. The van der Waals surface area contributed by atoms with E-state index in [9.17, 15) is 0 Å². The zero-order valence-electron chi connectivity index (χ0n) is 8.36. The number of pyridine rings is 2. The first-order valence-electron chi connectivity index (χ1n) is 4.61. The molecule has 0 aliphatic heterocycles. The van der Waals surface area contributed by atoms with E-state index >= 15 is 0 Å². The maximum atomic E-state index is 4.30. The van der Waals surface area contributed by atoms with Gasteiger partial charge in [-0.25, -0.2) is 0 Å².